The summed E-state index contributed by atoms with van der Waals surface area (Å²) < 4.78 is 6.56. The molecule has 0 saturated carbocycles. The van der Waals surface area contributed by atoms with E-state index in [1.165, 1.54) is 5.69 Å². The predicted molar refractivity (Wildman–Crippen MR) is 113 cm³/mol. The van der Waals surface area contributed by atoms with Crippen LogP contribution in [0.1, 0.15) is 24.8 Å². The Labute approximate surface area is 170 Å². The van der Waals surface area contributed by atoms with Gasteiger partial charge in [0.05, 0.1) is 5.41 Å². The number of amides is 1. The number of ether oxygens (including phenoxy) is 1. The Morgan fingerprint density at radius 2 is 1.78 bits per heavy atom. The Morgan fingerprint density at radius 1 is 1.11 bits per heavy atom. The zero-order chi connectivity index (χ0) is 19.1. The van der Waals surface area contributed by atoms with Crippen LogP contribution < -0.4 is 10.2 Å². The lowest BCUT2D eigenvalue weighted by Gasteiger charge is -2.36. The maximum absolute atomic E-state index is 13.1. The lowest BCUT2D eigenvalue weighted by molar-refractivity contribution is -0.130. The number of carbonyl (C=O) groups excluding carboxylic acids is 1. The molecule has 144 valence electrons. The summed E-state index contributed by atoms with van der Waals surface area (Å²) in [5.74, 6) is 0.121. The van der Waals surface area contributed by atoms with E-state index in [4.69, 9.17) is 4.74 Å². The van der Waals surface area contributed by atoms with E-state index in [-0.39, 0.29) is 5.91 Å². The molecule has 1 fully saturated rings. The van der Waals surface area contributed by atoms with Crippen LogP contribution in [0, 0.1) is 0 Å². The number of para-hydroxylation sites is 1. The first kappa shape index (κ1) is 19.9. The van der Waals surface area contributed by atoms with Crippen molar-refractivity contribution in [1.82, 2.24) is 5.32 Å². The maximum Gasteiger partial charge on any atom is 0.230 e. The molecule has 1 amide bonds. The Balaban J connectivity index is 1.58. The zero-order valence-electron chi connectivity index (χ0n) is 15.8. The summed E-state index contributed by atoms with van der Waals surface area (Å²) in [6.07, 6.45) is 2.36. The van der Waals surface area contributed by atoms with Gasteiger partial charge in [-0.2, -0.15) is 0 Å². The summed E-state index contributed by atoms with van der Waals surface area (Å²) in [6.45, 7) is 2.83. The summed E-state index contributed by atoms with van der Waals surface area (Å²) in [5.41, 5.74) is 1.79. The fourth-order valence-electron chi connectivity index (χ4n) is 3.63. The van der Waals surface area contributed by atoms with Crippen LogP contribution in [0.3, 0.4) is 0 Å². The van der Waals surface area contributed by atoms with Gasteiger partial charge in [0.15, 0.2) is 0 Å². The molecule has 2 aromatic rings. The molecule has 0 unspecified atom stereocenters. The molecule has 0 aliphatic carbocycles. The van der Waals surface area contributed by atoms with Gasteiger partial charge in [-0.25, -0.2) is 0 Å². The Hall–Kier alpha value is -1.85. The summed E-state index contributed by atoms with van der Waals surface area (Å²) >= 11 is 3.48. The highest BCUT2D eigenvalue weighted by atomic mass is 79.9. The molecule has 5 heteroatoms. The van der Waals surface area contributed by atoms with E-state index in [0.29, 0.717) is 19.8 Å². The van der Waals surface area contributed by atoms with Gasteiger partial charge in [-0.15, -0.1) is 0 Å². The third-order valence-corrected chi connectivity index (χ3v) is 5.86. The molecular formula is C22H27BrN2O2. The molecular weight excluding hydrogens is 404 g/mol. The van der Waals surface area contributed by atoms with Gasteiger partial charge in [-0.3, -0.25) is 4.79 Å². The summed E-state index contributed by atoms with van der Waals surface area (Å²) in [7, 11) is 2.08. The van der Waals surface area contributed by atoms with Gasteiger partial charge in [0, 0.05) is 43.5 Å². The highest BCUT2D eigenvalue weighted by molar-refractivity contribution is 9.10. The van der Waals surface area contributed by atoms with Crippen molar-refractivity contribution in [3.05, 3.63) is 64.6 Å². The smallest absolute Gasteiger partial charge is 0.230 e. The molecule has 0 spiro atoms. The molecule has 1 N–H and O–H groups in total. The zero-order valence-corrected chi connectivity index (χ0v) is 17.4. The molecule has 1 aliphatic rings. The minimum atomic E-state index is -0.482. The molecule has 3 rings (SSSR count). The van der Waals surface area contributed by atoms with E-state index < -0.39 is 5.41 Å². The number of halogens is 1. The van der Waals surface area contributed by atoms with Crippen molar-refractivity contribution in [2.75, 3.05) is 38.3 Å². The molecule has 0 bridgehead atoms. The molecule has 0 aromatic heterocycles. The van der Waals surface area contributed by atoms with E-state index in [1.54, 1.807) is 0 Å². The number of benzene rings is 2. The normalized spacial score (nSPS) is 15.9. The number of hydrogen-bond acceptors (Lipinski definition) is 3. The molecule has 0 atom stereocenters. The lowest BCUT2D eigenvalue weighted by Crippen LogP contribution is -2.48. The number of carbonyl (C=O) groups is 1. The van der Waals surface area contributed by atoms with Gasteiger partial charge in [-0.1, -0.05) is 46.3 Å². The molecule has 27 heavy (non-hydrogen) atoms. The van der Waals surface area contributed by atoms with Crippen molar-refractivity contribution in [2.45, 2.75) is 24.7 Å². The van der Waals surface area contributed by atoms with Crippen molar-refractivity contribution >= 4 is 27.5 Å². The van der Waals surface area contributed by atoms with Crippen molar-refractivity contribution in [2.24, 2.45) is 0 Å². The SMILES string of the molecule is CN(CCCNC(=O)C1(c2ccc(Br)cc2)CCOCC1)c1ccccc1. The topological polar surface area (TPSA) is 41.6 Å². The van der Waals surface area contributed by atoms with Gasteiger partial charge in [0.25, 0.3) is 0 Å². The molecule has 1 saturated heterocycles. The average Bonchev–Trinajstić information content (AvgIpc) is 2.72. The monoisotopic (exact) mass is 430 g/mol. The number of rotatable bonds is 7. The molecule has 1 aliphatic heterocycles. The van der Waals surface area contributed by atoms with Crippen molar-refractivity contribution in [3.8, 4) is 0 Å². The third kappa shape index (κ3) is 4.90. The van der Waals surface area contributed by atoms with Gasteiger partial charge >= 0.3 is 0 Å². The molecule has 1 heterocycles. The summed E-state index contributed by atoms with van der Waals surface area (Å²) in [6, 6.07) is 18.4. The van der Waals surface area contributed by atoms with Crippen molar-refractivity contribution in [1.29, 1.82) is 0 Å². The van der Waals surface area contributed by atoms with Crippen LogP contribution in [0.4, 0.5) is 5.69 Å². The minimum absolute atomic E-state index is 0.121. The number of nitrogens with zero attached hydrogens (tertiary/aromatic N) is 1. The van der Waals surface area contributed by atoms with E-state index in [0.717, 1.165) is 35.8 Å². The van der Waals surface area contributed by atoms with E-state index in [2.05, 4.69) is 57.5 Å². The Bertz CT molecular complexity index is 728. The van der Waals surface area contributed by atoms with Crippen LogP contribution in [-0.4, -0.2) is 39.3 Å². The highest BCUT2D eigenvalue weighted by Crippen LogP contribution is 2.35. The quantitative estimate of drug-likeness (QED) is 0.671. The van der Waals surface area contributed by atoms with Crippen LogP contribution in [-0.2, 0) is 14.9 Å². The number of hydrogen-bond donors (Lipinski definition) is 1. The van der Waals surface area contributed by atoms with Crippen LogP contribution >= 0.6 is 15.9 Å². The first-order chi connectivity index (χ1) is 13.1. The standard InChI is InChI=1S/C22H27BrN2O2/c1-25(20-6-3-2-4-7-20)15-5-14-24-21(26)22(12-16-27-17-13-22)18-8-10-19(23)11-9-18/h2-4,6-11H,5,12-17H2,1H3,(H,24,26). The van der Waals surface area contributed by atoms with Crippen molar-refractivity contribution < 1.29 is 9.53 Å². The average molecular weight is 431 g/mol. The molecule has 4 nitrogen and oxygen atoms in total. The van der Waals surface area contributed by atoms with E-state index in [9.17, 15) is 4.79 Å². The second kappa shape index (κ2) is 9.38. The third-order valence-electron chi connectivity index (χ3n) is 5.33. The fourth-order valence-corrected chi connectivity index (χ4v) is 3.90. The lowest BCUT2D eigenvalue weighted by atomic mass is 9.73. The first-order valence-electron chi connectivity index (χ1n) is 9.50. The van der Waals surface area contributed by atoms with Crippen LogP contribution in [0.25, 0.3) is 0 Å². The molecule has 0 radical (unpaired) electrons. The minimum Gasteiger partial charge on any atom is -0.381 e. The summed E-state index contributed by atoms with van der Waals surface area (Å²) in [4.78, 5) is 15.3. The van der Waals surface area contributed by atoms with Gasteiger partial charge < -0.3 is 15.0 Å². The molecule has 2 aromatic carbocycles. The number of nitrogens with one attached hydrogen (secondary N) is 1. The fraction of sp³-hybridized carbons (Fsp3) is 0.409. The van der Waals surface area contributed by atoms with Gasteiger partial charge in [0.2, 0.25) is 5.91 Å². The van der Waals surface area contributed by atoms with Gasteiger partial charge in [0.1, 0.15) is 0 Å². The second-order valence-corrected chi connectivity index (χ2v) is 7.98. The van der Waals surface area contributed by atoms with Crippen LogP contribution in [0.5, 0.6) is 0 Å². The Morgan fingerprint density at radius 3 is 2.44 bits per heavy atom. The van der Waals surface area contributed by atoms with Crippen molar-refractivity contribution in [3.63, 3.8) is 0 Å². The number of anilines is 1. The van der Waals surface area contributed by atoms with Crippen LogP contribution in [0.2, 0.25) is 0 Å². The second-order valence-electron chi connectivity index (χ2n) is 7.07. The first-order valence-corrected chi connectivity index (χ1v) is 10.3. The Kier molecular flexibility index (Phi) is 6.91. The van der Waals surface area contributed by atoms with Gasteiger partial charge in [-0.05, 0) is 49.1 Å². The van der Waals surface area contributed by atoms with E-state index >= 15 is 0 Å². The highest BCUT2D eigenvalue weighted by Gasteiger charge is 2.41. The maximum atomic E-state index is 13.1. The van der Waals surface area contributed by atoms with E-state index in [1.807, 2.05) is 30.3 Å². The predicted octanol–water partition coefficient (Wildman–Crippen LogP) is 4.14. The largest absolute Gasteiger partial charge is 0.381 e. The summed E-state index contributed by atoms with van der Waals surface area (Å²) in [5, 5.41) is 3.18. The van der Waals surface area contributed by atoms with Crippen LogP contribution in [0.15, 0.2) is 59.1 Å².